The highest BCUT2D eigenvalue weighted by Gasteiger charge is 2.45. The molecule has 1 aromatic heterocycles. The van der Waals surface area contributed by atoms with Gasteiger partial charge in [0, 0.05) is 24.8 Å². The summed E-state index contributed by atoms with van der Waals surface area (Å²) in [5.74, 6) is 1.68. The van der Waals surface area contributed by atoms with E-state index in [1.165, 1.54) is 0 Å². The lowest BCUT2D eigenvalue weighted by Crippen LogP contribution is -2.43. The third kappa shape index (κ3) is 3.77. The molecule has 2 aromatic carbocycles. The van der Waals surface area contributed by atoms with Crippen LogP contribution in [0.25, 0.3) is 5.69 Å². The minimum Gasteiger partial charge on any atom is -0.486 e. The summed E-state index contributed by atoms with van der Waals surface area (Å²) >= 11 is 0. The Morgan fingerprint density at radius 3 is 2.45 bits per heavy atom. The molecule has 1 amide bonds. The number of carbonyl (C=O) groups is 1. The molecule has 0 bridgehead atoms. The average molecular weight is 446 g/mol. The molecule has 1 saturated carbocycles. The molecule has 5 rings (SSSR count). The lowest BCUT2D eigenvalue weighted by Gasteiger charge is -2.34. The Morgan fingerprint density at radius 1 is 1.03 bits per heavy atom. The molecular weight excluding hydrogens is 414 g/mol. The fourth-order valence-electron chi connectivity index (χ4n) is 5.34. The quantitative estimate of drug-likeness (QED) is 0.570. The van der Waals surface area contributed by atoms with Crippen molar-refractivity contribution in [3.63, 3.8) is 0 Å². The summed E-state index contributed by atoms with van der Waals surface area (Å²) in [6.07, 6.45) is 3.82. The van der Waals surface area contributed by atoms with Gasteiger partial charge in [0.15, 0.2) is 11.5 Å². The van der Waals surface area contributed by atoms with Crippen LogP contribution in [0.2, 0.25) is 0 Å². The number of carbonyl (C=O) groups excluding carboxylic acids is 1. The summed E-state index contributed by atoms with van der Waals surface area (Å²) in [4.78, 5) is 15.8. The van der Waals surface area contributed by atoms with Gasteiger partial charge in [-0.3, -0.25) is 4.79 Å². The molecule has 0 unspecified atom stereocenters. The Morgan fingerprint density at radius 2 is 1.73 bits per heavy atom. The van der Waals surface area contributed by atoms with Crippen molar-refractivity contribution in [3.8, 4) is 17.2 Å². The van der Waals surface area contributed by atoms with Crippen LogP contribution < -0.4 is 9.47 Å². The molecule has 1 fully saturated rings. The van der Waals surface area contributed by atoms with E-state index in [-0.39, 0.29) is 5.91 Å². The smallest absolute Gasteiger partial charge is 0.233 e. The van der Waals surface area contributed by atoms with Crippen LogP contribution in [-0.4, -0.2) is 40.8 Å². The van der Waals surface area contributed by atoms with Crippen molar-refractivity contribution in [3.05, 3.63) is 71.0 Å². The van der Waals surface area contributed by atoms with Crippen molar-refractivity contribution in [2.24, 2.45) is 0 Å². The van der Waals surface area contributed by atoms with Crippen molar-refractivity contribution in [2.45, 2.75) is 51.5 Å². The van der Waals surface area contributed by atoms with Crippen LogP contribution in [-0.2, 0) is 16.8 Å². The third-order valence-corrected chi connectivity index (χ3v) is 7.15. The normalized spacial score (nSPS) is 16.6. The van der Waals surface area contributed by atoms with Crippen LogP contribution in [0, 0.1) is 13.8 Å². The molecule has 0 saturated heterocycles. The molecule has 1 aliphatic heterocycles. The summed E-state index contributed by atoms with van der Waals surface area (Å²) in [7, 11) is 1.92. The second-order valence-corrected chi connectivity index (χ2v) is 9.21. The molecule has 6 heteroatoms. The van der Waals surface area contributed by atoms with Crippen molar-refractivity contribution >= 4 is 5.91 Å². The van der Waals surface area contributed by atoms with Gasteiger partial charge in [-0.1, -0.05) is 37.1 Å². The van der Waals surface area contributed by atoms with Gasteiger partial charge in [0.05, 0.1) is 16.8 Å². The number of hydrogen-bond acceptors (Lipinski definition) is 4. The fourth-order valence-corrected chi connectivity index (χ4v) is 5.34. The third-order valence-electron chi connectivity index (χ3n) is 7.15. The molecule has 1 aliphatic carbocycles. The van der Waals surface area contributed by atoms with E-state index >= 15 is 0 Å². The summed E-state index contributed by atoms with van der Waals surface area (Å²) in [6, 6.07) is 16.2. The van der Waals surface area contributed by atoms with E-state index in [0.717, 1.165) is 65.4 Å². The van der Waals surface area contributed by atoms with Crippen molar-refractivity contribution in [1.82, 2.24) is 14.7 Å². The number of fused-ring (bicyclic) bond motifs is 1. The zero-order valence-electron chi connectivity index (χ0n) is 19.6. The molecule has 0 radical (unpaired) electrons. The van der Waals surface area contributed by atoms with E-state index in [1.807, 2.05) is 66.0 Å². The Balaban J connectivity index is 1.43. The summed E-state index contributed by atoms with van der Waals surface area (Å²) in [5, 5.41) is 4.76. The minimum atomic E-state index is -0.512. The van der Waals surface area contributed by atoms with Gasteiger partial charge in [-0.25, -0.2) is 4.68 Å². The number of aryl methyl sites for hydroxylation is 1. The van der Waals surface area contributed by atoms with Gasteiger partial charge in [0.2, 0.25) is 5.91 Å². The van der Waals surface area contributed by atoms with Crippen LogP contribution in [0.4, 0.5) is 0 Å². The monoisotopic (exact) mass is 445 g/mol. The van der Waals surface area contributed by atoms with Gasteiger partial charge in [0.1, 0.15) is 13.2 Å². The van der Waals surface area contributed by atoms with Crippen LogP contribution in [0.15, 0.2) is 48.5 Å². The van der Waals surface area contributed by atoms with E-state index in [1.54, 1.807) is 0 Å². The SMILES string of the molecule is Cc1nn(-c2ccccc2)c(C)c1CN(C)C(=O)C1(c2ccc3c(c2)OCCO3)CCCC1. The van der Waals surface area contributed by atoms with Gasteiger partial charge in [-0.2, -0.15) is 5.10 Å². The molecule has 33 heavy (non-hydrogen) atoms. The van der Waals surface area contributed by atoms with E-state index in [0.29, 0.717) is 19.8 Å². The second-order valence-electron chi connectivity index (χ2n) is 9.21. The highest BCUT2D eigenvalue weighted by molar-refractivity contribution is 5.88. The summed E-state index contributed by atoms with van der Waals surface area (Å²) < 4.78 is 13.5. The van der Waals surface area contributed by atoms with Crippen LogP contribution >= 0.6 is 0 Å². The second kappa shape index (κ2) is 8.58. The van der Waals surface area contributed by atoms with Crippen LogP contribution in [0.3, 0.4) is 0 Å². The van der Waals surface area contributed by atoms with Crippen LogP contribution in [0.1, 0.15) is 48.2 Å². The van der Waals surface area contributed by atoms with Crippen LogP contribution in [0.5, 0.6) is 11.5 Å². The Kier molecular flexibility index (Phi) is 5.60. The standard InChI is InChI=1S/C27H31N3O3/c1-19-23(20(2)30(28-19)22-9-5-4-6-10-22)18-29(3)26(31)27(13-7-8-14-27)21-11-12-24-25(17-21)33-16-15-32-24/h4-6,9-12,17H,7-8,13-16,18H2,1-3H3. The number of aromatic nitrogens is 2. The van der Waals surface area contributed by atoms with Gasteiger partial charge >= 0.3 is 0 Å². The number of nitrogens with zero attached hydrogens (tertiary/aromatic N) is 3. The van der Waals surface area contributed by atoms with Crippen molar-refractivity contribution < 1.29 is 14.3 Å². The number of amides is 1. The maximum Gasteiger partial charge on any atom is 0.233 e. The average Bonchev–Trinajstić information content (AvgIpc) is 3.45. The number of para-hydroxylation sites is 1. The Labute approximate surface area is 195 Å². The molecule has 2 heterocycles. The maximum atomic E-state index is 14.0. The first kappa shape index (κ1) is 21.6. The lowest BCUT2D eigenvalue weighted by molar-refractivity contribution is -0.136. The van der Waals surface area contributed by atoms with E-state index < -0.39 is 5.41 Å². The molecule has 0 N–H and O–H groups in total. The molecule has 0 spiro atoms. The lowest BCUT2D eigenvalue weighted by atomic mass is 9.77. The molecular formula is C27H31N3O3. The summed E-state index contributed by atoms with van der Waals surface area (Å²) in [6.45, 7) is 5.74. The minimum absolute atomic E-state index is 0.169. The largest absolute Gasteiger partial charge is 0.486 e. The molecule has 2 aliphatic rings. The number of rotatable bonds is 5. The first-order valence-corrected chi connectivity index (χ1v) is 11.8. The highest BCUT2D eigenvalue weighted by atomic mass is 16.6. The topological polar surface area (TPSA) is 56.6 Å². The van der Waals surface area contributed by atoms with Crippen molar-refractivity contribution in [1.29, 1.82) is 0 Å². The van der Waals surface area contributed by atoms with E-state index in [4.69, 9.17) is 14.6 Å². The van der Waals surface area contributed by atoms with Crippen molar-refractivity contribution in [2.75, 3.05) is 20.3 Å². The highest BCUT2D eigenvalue weighted by Crippen LogP contribution is 2.45. The molecule has 3 aromatic rings. The zero-order valence-corrected chi connectivity index (χ0v) is 19.6. The van der Waals surface area contributed by atoms with Gasteiger partial charge < -0.3 is 14.4 Å². The predicted molar refractivity (Wildman–Crippen MR) is 127 cm³/mol. The number of hydrogen-bond donors (Lipinski definition) is 0. The Hall–Kier alpha value is -3.28. The number of benzene rings is 2. The first-order chi connectivity index (χ1) is 16.0. The van der Waals surface area contributed by atoms with E-state index in [2.05, 4.69) is 13.0 Å². The number of likely N-dealkylation sites (N-methyl/N-ethyl adjacent to an activating group) is 1. The van der Waals surface area contributed by atoms with Gasteiger partial charge in [0.25, 0.3) is 0 Å². The Bertz CT molecular complexity index is 1160. The summed E-state index contributed by atoms with van der Waals surface area (Å²) in [5.41, 5.74) is 4.68. The molecule has 0 atom stereocenters. The maximum absolute atomic E-state index is 14.0. The fraction of sp³-hybridized carbons (Fsp3) is 0.407. The molecule has 172 valence electrons. The zero-order chi connectivity index (χ0) is 23.0. The van der Waals surface area contributed by atoms with Gasteiger partial charge in [-0.15, -0.1) is 0 Å². The number of ether oxygens (including phenoxy) is 2. The molecule has 6 nitrogen and oxygen atoms in total. The van der Waals surface area contributed by atoms with Gasteiger partial charge in [-0.05, 0) is 56.5 Å². The first-order valence-electron chi connectivity index (χ1n) is 11.8. The van der Waals surface area contributed by atoms with E-state index in [9.17, 15) is 4.79 Å². The predicted octanol–water partition coefficient (Wildman–Crippen LogP) is 4.73.